The van der Waals surface area contributed by atoms with E-state index in [-0.39, 0.29) is 47.9 Å². The van der Waals surface area contributed by atoms with Gasteiger partial charge in [-0.1, -0.05) is 18.2 Å². The zero-order valence-electron chi connectivity index (χ0n) is 21.0. The minimum Gasteiger partial charge on any atom is -0.487 e. The highest BCUT2D eigenvalue weighted by Crippen LogP contribution is 2.46. The Balaban J connectivity index is 1.50. The average molecular weight is 487 g/mol. The predicted molar refractivity (Wildman–Crippen MR) is 129 cm³/mol. The molecule has 3 aliphatic rings. The van der Waals surface area contributed by atoms with Crippen molar-refractivity contribution in [2.24, 2.45) is 11.8 Å². The summed E-state index contributed by atoms with van der Waals surface area (Å²) in [7, 11) is 1.59. The maximum absolute atomic E-state index is 13.8. The van der Waals surface area contributed by atoms with Crippen LogP contribution in [0.3, 0.4) is 0 Å². The highest BCUT2D eigenvalue weighted by molar-refractivity contribution is 6.00. The van der Waals surface area contributed by atoms with Crippen LogP contribution in [0.1, 0.15) is 58.6 Å². The Kier molecular flexibility index (Phi) is 6.66. The summed E-state index contributed by atoms with van der Waals surface area (Å²) in [6.07, 6.45) is 5.11. The van der Waals surface area contributed by atoms with Crippen LogP contribution in [-0.4, -0.2) is 53.6 Å². The number of halogens is 1. The molecule has 4 atom stereocenters. The molecule has 3 N–H and O–H groups in total. The van der Waals surface area contributed by atoms with E-state index in [0.29, 0.717) is 25.2 Å². The number of rotatable bonds is 7. The Labute approximate surface area is 205 Å². The average Bonchev–Trinajstić information content (AvgIpc) is 3.51. The van der Waals surface area contributed by atoms with Crippen molar-refractivity contribution in [3.8, 4) is 5.75 Å². The largest absolute Gasteiger partial charge is 0.487 e. The Morgan fingerprint density at radius 3 is 2.83 bits per heavy atom. The van der Waals surface area contributed by atoms with Gasteiger partial charge >= 0.3 is 0 Å². The summed E-state index contributed by atoms with van der Waals surface area (Å²) in [5.74, 6) is -0.549. The van der Waals surface area contributed by atoms with Crippen LogP contribution in [0.2, 0.25) is 0 Å². The van der Waals surface area contributed by atoms with Crippen LogP contribution in [0.5, 0.6) is 5.75 Å². The molecule has 1 saturated heterocycles. The van der Waals surface area contributed by atoms with Crippen LogP contribution >= 0.6 is 0 Å². The fraction of sp³-hybridized carbons (Fsp3) is 0.577. The van der Waals surface area contributed by atoms with E-state index in [4.69, 9.17) is 14.9 Å². The standard InChI is InChI=1S/C26H35FN4O4/c1-25(2)14-22(32)31(24(28)30-25)20(7-6-10-34-5)17-12-18(17)23(33)29-19-13-26(3,4)35-21-11-15(27)8-9-16(19)21/h6-9,11,17-20H,10,12-14H2,1-5H3,(H2,28,30)(H,29,33)/b7-6+/t17-,18-,19?,20?/m1/s1. The molecule has 2 amide bonds. The number of benzene rings is 1. The number of hydrogen-bond donors (Lipinski definition) is 3. The Hall–Kier alpha value is -2.94. The van der Waals surface area contributed by atoms with Gasteiger partial charge in [0, 0.05) is 43.0 Å². The van der Waals surface area contributed by atoms with Crippen LogP contribution in [0.15, 0.2) is 30.4 Å². The molecule has 190 valence electrons. The third-order valence-corrected chi connectivity index (χ3v) is 6.82. The molecule has 1 aromatic rings. The van der Waals surface area contributed by atoms with Gasteiger partial charge in [-0.15, -0.1) is 0 Å². The predicted octanol–water partition coefficient (Wildman–Crippen LogP) is 3.29. The van der Waals surface area contributed by atoms with Gasteiger partial charge in [-0.2, -0.15) is 0 Å². The first-order valence-electron chi connectivity index (χ1n) is 12.0. The lowest BCUT2D eigenvalue weighted by atomic mass is 9.89. The van der Waals surface area contributed by atoms with E-state index in [9.17, 15) is 14.0 Å². The van der Waals surface area contributed by atoms with Gasteiger partial charge < -0.3 is 20.1 Å². The Morgan fingerprint density at radius 2 is 2.14 bits per heavy atom. The molecule has 8 nitrogen and oxygen atoms in total. The SMILES string of the molecule is COC/C=C/C([C@@H]1C[C@H]1C(=O)NC1CC(C)(C)Oc2cc(F)ccc21)N1C(=N)NC(C)(C)CC1=O. The first-order chi connectivity index (χ1) is 16.4. The van der Waals surface area contributed by atoms with Gasteiger partial charge in [0.05, 0.1) is 18.7 Å². The molecule has 1 saturated carbocycles. The molecule has 1 aliphatic carbocycles. The van der Waals surface area contributed by atoms with Crippen molar-refractivity contribution in [3.05, 3.63) is 41.7 Å². The lowest BCUT2D eigenvalue weighted by Gasteiger charge is -2.41. The first kappa shape index (κ1) is 25.2. The lowest BCUT2D eigenvalue weighted by Crippen LogP contribution is -2.62. The van der Waals surface area contributed by atoms with E-state index in [1.54, 1.807) is 13.2 Å². The van der Waals surface area contributed by atoms with Gasteiger partial charge in [0.15, 0.2) is 5.96 Å². The van der Waals surface area contributed by atoms with Crippen molar-refractivity contribution >= 4 is 17.8 Å². The minimum atomic E-state index is -0.555. The van der Waals surface area contributed by atoms with Gasteiger partial charge in [-0.25, -0.2) is 4.39 Å². The van der Waals surface area contributed by atoms with Crippen molar-refractivity contribution in [3.63, 3.8) is 0 Å². The zero-order chi connectivity index (χ0) is 25.5. The number of carbonyl (C=O) groups excluding carboxylic acids is 2. The normalized spacial score (nSPS) is 27.6. The third kappa shape index (κ3) is 5.50. The molecule has 9 heteroatoms. The molecule has 35 heavy (non-hydrogen) atoms. The van der Waals surface area contributed by atoms with Gasteiger partial charge in [0.2, 0.25) is 11.8 Å². The fourth-order valence-electron chi connectivity index (χ4n) is 5.17. The number of nitrogens with zero attached hydrogens (tertiary/aromatic N) is 1. The number of nitrogens with one attached hydrogen (secondary N) is 3. The summed E-state index contributed by atoms with van der Waals surface area (Å²) >= 11 is 0. The summed E-state index contributed by atoms with van der Waals surface area (Å²) in [5, 5.41) is 14.7. The fourth-order valence-corrected chi connectivity index (χ4v) is 5.17. The molecule has 2 unspecified atom stereocenters. The van der Waals surface area contributed by atoms with Crippen LogP contribution in [0.25, 0.3) is 0 Å². The first-order valence-corrected chi connectivity index (χ1v) is 12.0. The highest BCUT2D eigenvalue weighted by Gasteiger charge is 2.52. The van der Waals surface area contributed by atoms with Crippen molar-refractivity contribution in [1.82, 2.24) is 15.5 Å². The second-order valence-corrected chi connectivity index (χ2v) is 11.0. The number of carbonyl (C=O) groups is 2. The molecular weight excluding hydrogens is 451 g/mol. The molecule has 0 aromatic heterocycles. The Bertz CT molecular complexity index is 1030. The van der Waals surface area contributed by atoms with Gasteiger partial charge in [0.25, 0.3) is 0 Å². The van der Waals surface area contributed by atoms with Crippen LogP contribution < -0.4 is 15.4 Å². The van der Waals surface area contributed by atoms with Crippen molar-refractivity contribution < 1.29 is 23.5 Å². The molecule has 0 spiro atoms. The van der Waals surface area contributed by atoms with Gasteiger partial charge in [-0.3, -0.25) is 19.9 Å². The van der Waals surface area contributed by atoms with Crippen LogP contribution in [0, 0.1) is 23.1 Å². The summed E-state index contributed by atoms with van der Waals surface area (Å²) in [5.41, 5.74) is -0.290. The molecule has 0 radical (unpaired) electrons. The molecule has 2 heterocycles. The molecule has 4 rings (SSSR count). The second kappa shape index (κ2) is 9.26. The van der Waals surface area contributed by atoms with E-state index in [0.717, 1.165) is 5.56 Å². The third-order valence-electron chi connectivity index (χ3n) is 6.82. The molecule has 2 aliphatic heterocycles. The number of amides is 2. The quantitative estimate of drug-likeness (QED) is 0.513. The van der Waals surface area contributed by atoms with Crippen molar-refractivity contribution in [2.45, 2.75) is 70.2 Å². The number of fused-ring (bicyclic) bond motifs is 1. The number of methoxy groups -OCH3 is 1. The summed E-state index contributed by atoms with van der Waals surface area (Å²) in [4.78, 5) is 27.8. The molecule has 2 fully saturated rings. The van der Waals surface area contributed by atoms with Gasteiger partial charge in [-0.05, 0) is 46.1 Å². The van der Waals surface area contributed by atoms with E-state index in [1.165, 1.54) is 17.0 Å². The maximum Gasteiger partial charge on any atom is 0.232 e. The zero-order valence-corrected chi connectivity index (χ0v) is 21.0. The smallest absolute Gasteiger partial charge is 0.232 e. The number of ether oxygens (including phenoxy) is 2. The maximum atomic E-state index is 13.8. The number of hydrogen-bond acceptors (Lipinski definition) is 5. The van der Waals surface area contributed by atoms with Crippen LogP contribution in [-0.2, 0) is 14.3 Å². The lowest BCUT2D eigenvalue weighted by molar-refractivity contribution is -0.132. The number of guanidine groups is 1. The molecular formula is C26H35FN4O4. The van der Waals surface area contributed by atoms with Crippen molar-refractivity contribution in [2.75, 3.05) is 13.7 Å². The highest BCUT2D eigenvalue weighted by atomic mass is 19.1. The van der Waals surface area contributed by atoms with E-state index in [1.807, 2.05) is 39.8 Å². The van der Waals surface area contributed by atoms with Crippen LogP contribution in [0.4, 0.5) is 4.39 Å². The second-order valence-electron chi connectivity index (χ2n) is 11.0. The van der Waals surface area contributed by atoms with Gasteiger partial charge in [0.1, 0.15) is 17.2 Å². The van der Waals surface area contributed by atoms with Crippen molar-refractivity contribution in [1.29, 1.82) is 5.41 Å². The van der Waals surface area contributed by atoms with E-state index >= 15 is 0 Å². The van der Waals surface area contributed by atoms with E-state index < -0.39 is 17.2 Å². The summed E-state index contributed by atoms with van der Waals surface area (Å²) in [6, 6.07) is 3.67. The monoisotopic (exact) mass is 486 g/mol. The summed E-state index contributed by atoms with van der Waals surface area (Å²) < 4.78 is 24.9. The Morgan fingerprint density at radius 1 is 1.40 bits per heavy atom. The summed E-state index contributed by atoms with van der Waals surface area (Å²) in [6.45, 7) is 7.98. The molecule has 1 aromatic carbocycles. The minimum absolute atomic E-state index is 0.0477. The molecule has 0 bridgehead atoms. The topological polar surface area (TPSA) is 104 Å². The van der Waals surface area contributed by atoms with E-state index in [2.05, 4.69) is 10.6 Å².